The Labute approximate surface area is 254 Å². The van der Waals surface area contributed by atoms with Crippen LogP contribution >= 0.6 is 0 Å². The van der Waals surface area contributed by atoms with Crippen LogP contribution in [-0.2, 0) is 19.3 Å². The summed E-state index contributed by atoms with van der Waals surface area (Å²) >= 11 is 0. The van der Waals surface area contributed by atoms with E-state index in [0.29, 0.717) is 29.4 Å². The van der Waals surface area contributed by atoms with E-state index >= 15 is 0 Å². The summed E-state index contributed by atoms with van der Waals surface area (Å²) in [5.41, 5.74) is 0. The fourth-order valence-corrected chi connectivity index (χ4v) is 3.87. The van der Waals surface area contributed by atoms with Gasteiger partial charge in [-0.05, 0) is 87.6 Å². The zero-order valence-electron chi connectivity index (χ0n) is 30.2. The third-order valence-corrected chi connectivity index (χ3v) is 7.58. The molecule has 0 unspecified atom stereocenters. The molecular weight excluding hydrogens is 518 g/mol. The number of hydrogen-bond donors (Lipinski definition) is 1. The van der Waals surface area contributed by atoms with Crippen molar-refractivity contribution in [1.29, 1.82) is 0 Å². The van der Waals surface area contributed by atoms with Crippen molar-refractivity contribution in [2.24, 2.45) is 41.4 Å². The Morgan fingerprint density at radius 3 is 1.23 bits per heavy atom. The van der Waals surface area contributed by atoms with Crippen LogP contribution in [0.15, 0.2) is 0 Å². The Kier molecular flexibility index (Phi) is 35.4. The number of rotatable bonds is 18. The average Bonchev–Trinajstić information content (AvgIpc) is 2.78. The van der Waals surface area contributed by atoms with Gasteiger partial charge in [0.05, 0.1) is 11.0 Å². The topological polar surface area (TPSA) is 64.6 Å². The molecule has 6 heteroatoms. The number of nitrogens with one attached hydrogen (secondary N) is 1. The zero-order chi connectivity index (χ0) is 32.3. The van der Waals surface area contributed by atoms with Crippen LogP contribution in [0.3, 0.4) is 0 Å². The minimum atomic E-state index is -2.79. The molecule has 0 amide bonds. The molecule has 0 aromatic heterocycles. The van der Waals surface area contributed by atoms with Gasteiger partial charge in [0.15, 0.2) is 9.84 Å². The highest BCUT2D eigenvalue weighted by molar-refractivity contribution is 7.91. The average molecular weight is 596 g/mol. The third-order valence-electron chi connectivity index (χ3n) is 5.34. The second kappa shape index (κ2) is 30.3. The Morgan fingerprint density at radius 1 is 0.500 bits per heavy atom. The van der Waals surface area contributed by atoms with Gasteiger partial charge in [-0.1, -0.05) is 96.9 Å². The van der Waals surface area contributed by atoms with E-state index in [1.165, 1.54) is 19.4 Å². The molecule has 5 nitrogen and oxygen atoms in total. The fourth-order valence-electron chi connectivity index (χ4n) is 2.59. The van der Waals surface area contributed by atoms with Crippen molar-refractivity contribution in [2.45, 2.75) is 135 Å². The van der Waals surface area contributed by atoms with E-state index in [1.54, 1.807) is 13.8 Å². The molecule has 0 bridgehead atoms. The molecule has 0 saturated heterocycles. The zero-order valence-corrected chi connectivity index (χ0v) is 31.0. The van der Waals surface area contributed by atoms with E-state index in [9.17, 15) is 8.42 Å². The van der Waals surface area contributed by atoms with Crippen LogP contribution in [0.5, 0.6) is 0 Å². The predicted octanol–water partition coefficient (Wildman–Crippen LogP) is 9.15. The van der Waals surface area contributed by atoms with Gasteiger partial charge in [-0.15, -0.1) is 0 Å². The Balaban J connectivity index is -0.000000217. The summed E-state index contributed by atoms with van der Waals surface area (Å²) in [5.74, 6) is 5.21. The van der Waals surface area contributed by atoms with Crippen molar-refractivity contribution in [1.82, 2.24) is 5.32 Å². The molecule has 0 saturated carbocycles. The van der Waals surface area contributed by atoms with Crippen molar-refractivity contribution in [3.8, 4) is 0 Å². The third kappa shape index (κ3) is 50.6. The maximum atomic E-state index is 11.2. The lowest BCUT2D eigenvalue weighted by molar-refractivity contribution is 0.0886. The molecule has 0 aromatic carbocycles. The molecule has 40 heavy (non-hydrogen) atoms. The monoisotopic (exact) mass is 596 g/mol. The van der Waals surface area contributed by atoms with Crippen LogP contribution in [-0.4, -0.2) is 58.9 Å². The molecular formula is C34H77NO4S. The van der Waals surface area contributed by atoms with Gasteiger partial charge in [-0.25, -0.2) is 8.42 Å². The lowest BCUT2D eigenvalue weighted by Crippen LogP contribution is -2.21. The fraction of sp³-hybridized carbons (Fsp3) is 1.00. The summed E-state index contributed by atoms with van der Waals surface area (Å²) in [5, 5.41) is 3.20. The largest absolute Gasteiger partial charge is 0.381 e. The van der Waals surface area contributed by atoms with E-state index in [-0.39, 0.29) is 5.25 Å². The molecule has 0 spiro atoms. The predicted molar refractivity (Wildman–Crippen MR) is 181 cm³/mol. The summed E-state index contributed by atoms with van der Waals surface area (Å²) < 4.78 is 33.2. The molecule has 0 heterocycles. The van der Waals surface area contributed by atoms with Crippen molar-refractivity contribution in [3.63, 3.8) is 0 Å². The maximum Gasteiger partial charge on any atom is 0.152 e. The van der Waals surface area contributed by atoms with Gasteiger partial charge in [-0.3, -0.25) is 0 Å². The van der Waals surface area contributed by atoms with Crippen LogP contribution < -0.4 is 5.32 Å². The van der Waals surface area contributed by atoms with Gasteiger partial charge >= 0.3 is 0 Å². The number of ether oxygens (including phenoxy) is 2. The van der Waals surface area contributed by atoms with Crippen LogP contribution in [0, 0.1) is 41.4 Å². The second-order valence-electron chi connectivity index (χ2n) is 14.4. The Bertz CT molecular complexity index is 535. The van der Waals surface area contributed by atoms with Gasteiger partial charge in [0.1, 0.15) is 0 Å². The minimum Gasteiger partial charge on any atom is -0.381 e. The molecule has 1 N–H and O–H groups in total. The smallest absolute Gasteiger partial charge is 0.152 e. The minimum absolute atomic E-state index is 0.221. The van der Waals surface area contributed by atoms with Crippen molar-refractivity contribution in [2.75, 3.05) is 45.3 Å². The van der Waals surface area contributed by atoms with E-state index in [0.717, 1.165) is 57.1 Å². The lowest BCUT2D eigenvalue weighted by atomic mass is 10.1. The quantitative estimate of drug-likeness (QED) is 0.160. The summed E-state index contributed by atoms with van der Waals surface area (Å²) in [6.45, 7) is 40.0. The maximum absolute atomic E-state index is 11.2. The lowest BCUT2D eigenvalue weighted by Gasteiger charge is -2.08. The molecule has 248 valence electrons. The van der Waals surface area contributed by atoms with E-state index in [2.05, 4.69) is 88.4 Å². The van der Waals surface area contributed by atoms with Gasteiger partial charge in [0, 0.05) is 26.4 Å². The Morgan fingerprint density at radius 2 is 0.900 bits per heavy atom. The van der Waals surface area contributed by atoms with E-state index in [1.807, 2.05) is 13.8 Å². The highest BCUT2D eigenvalue weighted by Crippen LogP contribution is 2.07. The first-order chi connectivity index (χ1) is 18.2. The molecule has 0 aliphatic carbocycles. The first-order valence-corrected chi connectivity index (χ1v) is 18.0. The van der Waals surface area contributed by atoms with Gasteiger partial charge < -0.3 is 14.8 Å². The van der Waals surface area contributed by atoms with Gasteiger partial charge in [0.25, 0.3) is 0 Å². The molecule has 0 aliphatic rings. The second-order valence-corrected chi connectivity index (χ2v) is 17.0. The molecule has 0 rings (SSSR count). The summed E-state index contributed by atoms with van der Waals surface area (Å²) in [6, 6.07) is 0. The van der Waals surface area contributed by atoms with Crippen molar-refractivity contribution < 1.29 is 17.9 Å². The van der Waals surface area contributed by atoms with E-state index < -0.39 is 9.84 Å². The molecule has 0 atom stereocenters. The summed E-state index contributed by atoms with van der Waals surface area (Å²) in [7, 11) is -2.79. The van der Waals surface area contributed by atoms with Gasteiger partial charge in [-0.2, -0.15) is 0 Å². The van der Waals surface area contributed by atoms with Crippen LogP contribution in [0.1, 0.15) is 130 Å². The summed E-state index contributed by atoms with van der Waals surface area (Å²) in [4.78, 5) is 0. The Hall–Kier alpha value is -0.170. The molecule has 0 aromatic rings. The molecule has 0 radical (unpaired) electrons. The summed E-state index contributed by atoms with van der Waals surface area (Å²) in [6.07, 6.45) is 3.26. The van der Waals surface area contributed by atoms with Crippen LogP contribution in [0.4, 0.5) is 0 Å². The number of hydrogen-bond acceptors (Lipinski definition) is 5. The normalized spacial score (nSPS) is 11.8. The first kappa shape index (κ1) is 46.8. The molecule has 0 fully saturated rings. The van der Waals surface area contributed by atoms with Crippen LogP contribution in [0.25, 0.3) is 0 Å². The standard InChI is InChI=1S/C9H21N.C9H20O.C8H18O2S.C8H18O/c2*1-8(2)5-6-10-7-9(3)4;1-7(2)5-6-11(9,10)8(3)4;1-7(2)5-9-6-8(3)4/h8-10H,5-7H2,1-4H3;8-9H,5-7H2,1-4H3;7-8H,5-6H2,1-4H3;7-8H,5-6H2,1-4H3. The van der Waals surface area contributed by atoms with Crippen LogP contribution in [0.2, 0.25) is 0 Å². The van der Waals surface area contributed by atoms with Gasteiger partial charge in [0.2, 0.25) is 0 Å². The SMILES string of the molecule is CC(C)CCNCC(C)C.CC(C)CCOCC(C)C.CC(C)CCS(=O)(=O)C(C)C.CC(C)COCC(C)C. The molecule has 0 aliphatic heterocycles. The highest BCUT2D eigenvalue weighted by atomic mass is 32.2. The number of sulfone groups is 1. The highest BCUT2D eigenvalue weighted by Gasteiger charge is 2.15. The van der Waals surface area contributed by atoms with Crippen molar-refractivity contribution >= 4 is 9.84 Å². The first-order valence-electron chi connectivity index (χ1n) is 16.3. The van der Waals surface area contributed by atoms with E-state index in [4.69, 9.17) is 9.47 Å². The van der Waals surface area contributed by atoms with Crippen molar-refractivity contribution in [3.05, 3.63) is 0 Å².